The first-order valence-corrected chi connectivity index (χ1v) is 18.3. The van der Waals surface area contributed by atoms with Gasteiger partial charge in [0.1, 0.15) is 0 Å². The van der Waals surface area contributed by atoms with Gasteiger partial charge in [-0.3, -0.25) is 4.98 Å². The van der Waals surface area contributed by atoms with Crippen molar-refractivity contribution in [2.24, 2.45) is 0 Å². The van der Waals surface area contributed by atoms with Crippen LogP contribution < -0.4 is 0 Å². The van der Waals surface area contributed by atoms with E-state index in [-0.39, 0.29) is 0 Å². The molecule has 0 N–H and O–H groups in total. The van der Waals surface area contributed by atoms with E-state index in [4.69, 9.17) is 11.6 Å². The number of halogens is 1. The van der Waals surface area contributed by atoms with Crippen LogP contribution in [0.1, 0.15) is 5.56 Å². The monoisotopic (exact) mass is 696 g/mol. The van der Waals surface area contributed by atoms with Crippen molar-refractivity contribution in [2.75, 3.05) is 0 Å². The van der Waals surface area contributed by atoms with Crippen LogP contribution in [0.25, 0.3) is 93.5 Å². The van der Waals surface area contributed by atoms with Crippen LogP contribution in [0.2, 0.25) is 5.02 Å². The minimum atomic E-state index is 0.742. The van der Waals surface area contributed by atoms with Gasteiger partial charge in [-0.2, -0.15) is 0 Å². The molecule has 2 aromatic heterocycles. The summed E-state index contributed by atoms with van der Waals surface area (Å²) in [5.74, 6) is 0. The molecule has 0 unspecified atom stereocenters. The van der Waals surface area contributed by atoms with E-state index >= 15 is 0 Å². The van der Waals surface area contributed by atoms with Crippen LogP contribution in [-0.4, -0.2) is 9.55 Å². The van der Waals surface area contributed by atoms with Crippen LogP contribution >= 0.6 is 11.6 Å². The molecule has 2 nitrogen and oxygen atoms in total. The van der Waals surface area contributed by atoms with Crippen LogP contribution in [0.3, 0.4) is 0 Å². The number of fused-ring (bicyclic) bond motifs is 5. The molecule has 0 saturated heterocycles. The first-order valence-electron chi connectivity index (χ1n) is 18.0. The minimum absolute atomic E-state index is 0.742. The fourth-order valence-corrected chi connectivity index (χ4v) is 8.37. The van der Waals surface area contributed by atoms with Gasteiger partial charge in [0.2, 0.25) is 0 Å². The number of hydrogen-bond acceptors (Lipinski definition) is 1. The van der Waals surface area contributed by atoms with Gasteiger partial charge in [-0.15, -0.1) is 0 Å². The Morgan fingerprint density at radius 2 is 0.981 bits per heavy atom. The van der Waals surface area contributed by atoms with Crippen LogP contribution in [0.4, 0.5) is 0 Å². The second kappa shape index (κ2) is 12.6. The quantitative estimate of drug-likeness (QED) is 0.164. The third-order valence-electron chi connectivity index (χ3n) is 10.7. The maximum absolute atomic E-state index is 6.30. The molecule has 0 aliphatic heterocycles. The van der Waals surface area contributed by atoms with E-state index in [0.29, 0.717) is 0 Å². The largest absolute Gasteiger partial charge is 0.309 e. The normalized spacial score (nSPS) is 11.6. The third-order valence-corrected chi connectivity index (χ3v) is 10.9. The van der Waals surface area contributed by atoms with Gasteiger partial charge in [-0.1, -0.05) is 139 Å². The molecule has 8 aromatic carbocycles. The molecule has 53 heavy (non-hydrogen) atoms. The van der Waals surface area contributed by atoms with Gasteiger partial charge in [0, 0.05) is 33.9 Å². The van der Waals surface area contributed by atoms with Gasteiger partial charge in [0.15, 0.2) is 0 Å². The van der Waals surface area contributed by atoms with Gasteiger partial charge in [0.05, 0.1) is 11.0 Å². The third kappa shape index (κ3) is 5.22. The molecule has 10 aromatic rings. The number of hydrogen-bond donors (Lipinski definition) is 0. The van der Waals surface area contributed by atoms with Crippen LogP contribution in [0.5, 0.6) is 0 Å². The Morgan fingerprint density at radius 3 is 1.60 bits per heavy atom. The summed E-state index contributed by atoms with van der Waals surface area (Å²) in [7, 11) is 0. The molecule has 0 fully saturated rings. The summed E-state index contributed by atoms with van der Waals surface area (Å²) in [4.78, 5) is 4.51. The molecule has 0 spiro atoms. The zero-order valence-electron chi connectivity index (χ0n) is 29.1. The molecule has 0 aliphatic rings. The molecule has 0 atom stereocenters. The van der Waals surface area contributed by atoms with E-state index in [0.717, 1.165) is 27.2 Å². The summed E-state index contributed by atoms with van der Waals surface area (Å²) >= 11 is 6.30. The minimum Gasteiger partial charge on any atom is -0.309 e. The maximum Gasteiger partial charge on any atom is 0.0571 e. The molecule has 2 heterocycles. The fraction of sp³-hybridized carbons (Fsp3) is 0.0200. The number of pyridine rings is 1. The Labute approximate surface area is 313 Å². The van der Waals surface area contributed by atoms with Crippen LogP contribution in [-0.2, 0) is 0 Å². The Morgan fingerprint density at radius 1 is 0.434 bits per heavy atom. The second-order valence-electron chi connectivity index (χ2n) is 13.8. The fourth-order valence-electron chi connectivity index (χ4n) is 8.25. The molecule has 0 radical (unpaired) electrons. The highest BCUT2D eigenvalue weighted by atomic mass is 35.5. The number of aryl methyl sites for hydroxylation is 1. The summed E-state index contributed by atoms with van der Waals surface area (Å²) in [5, 5.41) is 8.04. The van der Waals surface area contributed by atoms with E-state index in [1.54, 1.807) is 0 Å². The van der Waals surface area contributed by atoms with Crippen molar-refractivity contribution in [3.8, 4) is 50.2 Å². The lowest BCUT2D eigenvalue weighted by Gasteiger charge is -2.18. The van der Waals surface area contributed by atoms with Crippen molar-refractivity contribution in [3.63, 3.8) is 0 Å². The summed E-state index contributed by atoms with van der Waals surface area (Å²) in [6.45, 7) is 2.21. The highest BCUT2D eigenvalue weighted by molar-refractivity contribution is 6.30. The number of aromatic nitrogens is 2. The van der Waals surface area contributed by atoms with Gasteiger partial charge in [-0.05, 0) is 121 Å². The molecule has 0 saturated carbocycles. The SMILES string of the molecule is Cc1cc(-n2c3ccncc3c3cc(-c4ccccc4)ccc32)ccc1-c1ccc(-c2c3ccccc3c(-c3ccc(Cl)cc3)c3ccccc23)cc1. The molecular formula is C50H33ClN2. The molecular weight excluding hydrogens is 664 g/mol. The summed E-state index contributed by atoms with van der Waals surface area (Å²) < 4.78 is 2.37. The average molecular weight is 697 g/mol. The van der Waals surface area contributed by atoms with E-state index < -0.39 is 0 Å². The lowest BCUT2D eigenvalue weighted by Crippen LogP contribution is -1.96. The van der Waals surface area contributed by atoms with Crippen LogP contribution in [0, 0.1) is 6.92 Å². The van der Waals surface area contributed by atoms with Gasteiger partial charge in [-0.25, -0.2) is 0 Å². The molecule has 0 aliphatic carbocycles. The zero-order valence-corrected chi connectivity index (χ0v) is 29.8. The predicted octanol–water partition coefficient (Wildman–Crippen LogP) is 14.1. The summed E-state index contributed by atoms with van der Waals surface area (Å²) in [6, 6.07) is 61.1. The first kappa shape index (κ1) is 31.3. The Hall–Kier alpha value is -6.48. The Kier molecular flexibility index (Phi) is 7.45. The van der Waals surface area contributed by atoms with Gasteiger partial charge in [0.25, 0.3) is 0 Å². The molecule has 0 bridgehead atoms. The first-order chi connectivity index (χ1) is 26.1. The van der Waals surface area contributed by atoms with Crippen LogP contribution in [0.15, 0.2) is 182 Å². The number of benzene rings is 8. The van der Waals surface area contributed by atoms with E-state index in [2.05, 4.69) is 174 Å². The average Bonchev–Trinajstić information content (AvgIpc) is 3.54. The smallest absolute Gasteiger partial charge is 0.0571 e. The maximum atomic E-state index is 6.30. The van der Waals surface area contributed by atoms with Gasteiger partial charge >= 0.3 is 0 Å². The summed E-state index contributed by atoms with van der Waals surface area (Å²) in [6.07, 6.45) is 3.87. The molecule has 0 amide bonds. The lowest BCUT2D eigenvalue weighted by molar-refractivity contribution is 1.17. The topological polar surface area (TPSA) is 17.8 Å². The molecule has 10 rings (SSSR count). The number of rotatable bonds is 5. The van der Waals surface area contributed by atoms with E-state index in [9.17, 15) is 0 Å². The Bertz CT molecular complexity index is 2940. The molecule has 3 heteroatoms. The lowest BCUT2D eigenvalue weighted by atomic mass is 9.85. The van der Waals surface area contributed by atoms with E-state index in [1.165, 1.54) is 77.0 Å². The Balaban J connectivity index is 1.06. The van der Waals surface area contributed by atoms with Crippen molar-refractivity contribution in [2.45, 2.75) is 6.92 Å². The van der Waals surface area contributed by atoms with Crippen molar-refractivity contribution < 1.29 is 0 Å². The highest BCUT2D eigenvalue weighted by Crippen LogP contribution is 2.44. The second-order valence-corrected chi connectivity index (χ2v) is 14.2. The summed E-state index contributed by atoms with van der Waals surface area (Å²) in [5.41, 5.74) is 14.4. The van der Waals surface area contributed by atoms with E-state index in [1.807, 2.05) is 24.5 Å². The highest BCUT2D eigenvalue weighted by Gasteiger charge is 2.18. The van der Waals surface area contributed by atoms with Crippen molar-refractivity contribution >= 4 is 55.0 Å². The standard InChI is InChI=1S/C50H33ClN2/c1-32-29-39(53-47-26-21-37(33-9-3-2-4-10-33)30-45(47)46-31-52-28-27-48(46)53)24-25-40(32)34-15-17-35(18-16-34)49-41-11-5-7-13-43(41)50(36-19-22-38(51)23-20-36)44-14-8-6-12-42(44)49/h2-31H,1H3. The zero-order chi connectivity index (χ0) is 35.5. The van der Waals surface area contributed by atoms with Crippen molar-refractivity contribution in [1.29, 1.82) is 0 Å². The van der Waals surface area contributed by atoms with Crippen molar-refractivity contribution in [3.05, 3.63) is 193 Å². The predicted molar refractivity (Wildman–Crippen MR) is 225 cm³/mol. The van der Waals surface area contributed by atoms with Crippen molar-refractivity contribution in [1.82, 2.24) is 9.55 Å². The number of nitrogens with zero attached hydrogens (tertiary/aromatic N) is 2. The molecule has 250 valence electrons. The van der Waals surface area contributed by atoms with Gasteiger partial charge < -0.3 is 4.57 Å².